The summed E-state index contributed by atoms with van der Waals surface area (Å²) in [5.74, 6) is 0.799. The third-order valence-electron chi connectivity index (χ3n) is 4.35. The predicted octanol–water partition coefficient (Wildman–Crippen LogP) is 4.25. The lowest BCUT2D eigenvalue weighted by molar-refractivity contribution is 0.300. The van der Waals surface area contributed by atoms with Crippen molar-refractivity contribution in [1.29, 1.82) is 0 Å². The molecule has 0 unspecified atom stereocenters. The minimum absolute atomic E-state index is 0.173. The van der Waals surface area contributed by atoms with Crippen LogP contribution in [0, 0.1) is 5.82 Å². The highest BCUT2D eigenvalue weighted by Crippen LogP contribution is 2.16. The van der Waals surface area contributed by atoms with Crippen LogP contribution in [0.5, 0.6) is 5.75 Å². The second-order valence-corrected chi connectivity index (χ2v) is 6.31. The summed E-state index contributed by atoms with van der Waals surface area (Å²) in [6, 6.07) is 21.2. The number of hydrogen-bond acceptors (Lipinski definition) is 4. The Morgan fingerprint density at radius 3 is 2.54 bits per heavy atom. The fraction of sp³-hybridized carbons (Fsp3) is 0.0909. The molecule has 0 atom stereocenters. The van der Waals surface area contributed by atoms with Gasteiger partial charge < -0.3 is 10.1 Å². The molecule has 3 aromatic carbocycles. The Labute approximate surface area is 160 Å². The average Bonchev–Trinajstić information content (AvgIpc) is 2.72. The van der Waals surface area contributed by atoms with Gasteiger partial charge in [-0.1, -0.05) is 42.5 Å². The van der Waals surface area contributed by atoms with Crippen LogP contribution in [-0.2, 0) is 13.2 Å². The van der Waals surface area contributed by atoms with E-state index in [-0.39, 0.29) is 18.0 Å². The molecule has 1 aromatic heterocycles. The normalized spacial score (nSPS) is 10.8. The van der Waals surface area contributed by atoms with E-state index in [1.54, 1.807) is 30.3 Å². The van der Waals surface area contributed by atoms with Gasteiger partial charge in [-0.3, -0.25) is 9.78 Å². The number of benzene rings is 3. The molecule has 140 valence electrons. The number of nitrogens with one attached hydrogen (secondary N) is 2. The van der Waals surface area contributed by atoms with Crippen molar-refractivity contribution in [1.82, 2.24) is 9.97 Å². The summed E-state index contributed by atoms with van der Waals surface area (Å²) in [7, 11) is 0. The van der Waals surface area contributed by atoms with Gasteiger partial charge in [-0.15, -0.1) is 0 Å². The third-order valence-corrected chi connectivity index (χ3v) is 4.35. The number of rotatable bonds is 6. The van der Waals surface area contributed by atoms with Crippen molar-refractivity contribution in [2.45, 2.75) is 13.2 Å². The summed E-state index contributed by atoms with van der Waals surface area (Å²) in [5, 5.41) is 3.68. The monoisotopic (exact) mass is 375 g/mol. The summed E-state index contributed by atoms with van der Waals surface area (Å²) >= 11 is 0. The van der Waals surface area contributed by atoms with E-state index in [9.17, 15) is 9.18 Å². The Morgan fingerprint density at radius 1 is 0.964 bits per heavy atom. The van der Waals surface area contributed by atoms with Crippen LogP contribution in [0.15, 0.2) is 77.6 Å². The molecular formula is C22H18FN3O2. The lowest BCUT2D eigenvalue weighted by Gasteiger charge is -2.09. The molecule has 28 heavy (non-hydrogen) atoms. The molecule has 0 amide bonds. The number of anilines is 1. The number of nitrogens with zero attached hydrogens (tertiary/aromatic N) is 1. The molecule has 0 fully saturated rings. The average molecular weight is 375 g/mol. The molecule has 6 heteroatoms. The van der Waals surface area contributed by atoms with Gasteiger partial charge in [0.25, 0.3) is 5.56 Å². The van der Waals surface area contributed by atoms with Crippen LogP contribution in [0.25, 0.3) is 10.9 Å². The van der Waals surface area contributed by atoms with Crippen molar-refractivity contribution in [3.63, 3.8) is 0 Å². The second kappa shape index (κ2) is 7.92. The van der Waals surface area contributed by atoms with Gasteiger partial charge in [0.15, 0.2) is 0 Å². The molecule has 2 N–H and O–H groups in total. The van der Waals surface area contributed by atoms with Gasteiger partial charge in [0.05, 0.1) is 10.9 Å². The number of hydrogen-bond donors (Lipinski definition) is 2. The number of aromatic nitrogens is 2. The topological polar surface area (TPSA) is 67.0 Å². The number of fused-ring (bicyclic) bond motifs is 1. The SMILES string of the molecule is O=c1[nH]c(NCc2ccc(OCc3ccccc3F)cc2)nc2ccccc12. The first kappa shape index (κ1) is 17.7. The molecule has 0 bridgehead atoms. The molecule has 4 rings (SSSR count). The summed E-state index contributed by atoms with van der Waals surface area (Å²) in [6.45, 7) is 0.668. The maximum Gasteiger partial charge on any atom is 0.260 e. The van der Waals surface area contributed by atoms with E-state index in [4.69, 9.17) is 4.74 Å². The van der Waals surface area contributed by atoms with Crippen LogP contribution in [0.1, 0.15) is 11.1 Å². The van der Waals surface area contributed by atoms with Crippen molar-refractivity contribution in [2.75, 3.05) is 5.32 Å². The van der Waals surface area contributed by atoms with E-state index in [0.29, 0.717) is 34.7 Å². The van der Waals surface area contributed by atoms with E-state index in [2.05, 4.69) is 15.3 Å². The minimum Gasteiger partial charge on any atom is -0.489 e. The Hall–Kier alpha value is -3.67. The van der Waals surface area contributed by atoms with Crippen molar-refractivity contribution in [2.24, 2.45) is 0 Å². The Morgan fingerprint density at radius 2 is 1.71 bits per heavy atom. The van der Waals surface area contributed by atoms with Gasteiger partial charge in [-0.25, -0.2) is 9.37 Å². The highest BCUT2D eigenvalue weighted by Gasteiger charge is 2.04. The second-order valence-electron chi connectivity index (χ2n) is 6.31. The van der Waals surface area contributed by atoms with Gasteiger partial charge in [0.1, 0.15) is 18.2 Å². The zero-order chi connectivity index (χ0) is 19.3. The van der Waals surface area contributed by atoms with Crippen LogP contribution in [0.2, 0.25) is 0 Å². The maximum atomic E-state index is 13.6. The maximum absolute atomic E-state index is 13.6. The van der Waals surface area contributed by atoms with Crippen molar-refractivity contribution in [3.8, 4) is 5.75 Å². The minimum atomic E-state index is -0.278. The molecule has 0 aliphatic rings. The van der Waals surface area contributed by atoms with Gasteiger partial charge >= 0.3 is 0 Å². The highest BCUT2D eigenvalue weighted by atomic mass is 19.1. The number of aromatic amines is 1. The Kier molecular flexibility index (Phi) is 5.01. The number of H-pyrrole nitrogens is 1. The summed E-state index contributed by atoms with van der Waals surface area (Å²) in [5.41, 5.74) is 1.98. The largest absolute Gasteiger partial charge is 0.489 e. The fourth-order valence-electron chi connectivity index (χ4n) is 2.84. The zero-order valence-corrected chi connectivity index (χ0v) is 15.0. The van der Waals surface area contributed by atoms with Crippen LogP contribution < -0.4 is 15.6 Å². The predicted molar refractivity (Wildman–Crippen MR) is 107 cm³/mol. The van der Waals surface area contributed by atoms with Crippen molar-refractivity contribution >= 4 is 16.9 Å². The Balaban J connectivity index is 1.38. The molecule has 0 saturated heterocycles. The van der Waals surface area contributed by atoms with E-state index in [1.165, 1.54) is 6.07 Å². The molecule has 1 heterocycles. The smallest absolute Gasteiger partial charge is 0.260 e. The first-order valence-electron chi connectivity index (χ1n) is 8.87. The Bertz CT molecular complexity index is 1160. The first-order chi connectivity index (χ1) is 13.7. The van der Waals surface area contributed by atoms with E-state index >= 15 is 0 Å². The molecule has 0 radical (unpaired) electrons. The van der Waals surface area contributed by atoms with E-state index in [1.807, 2.05) is 36.4 Å². The quantitative estimate of drug-likeness (QED) is 0.529. The molecule has 0 spiro atoms. The lowest BCUT2D eigenvalue weighted by Crippen LogP contribution is -2.13. The fourth-order valence-corrected chi connectivity index (χ4v) is 2.84. The molecule has 5 nitrogen and oxygen atoms in total. The molecule has 0 aliphatic carbocycles. The van der Waals surface area contributed by atoms with Gasteiger partial charge in [-0.05, 0) is 35.9 Å². The van der Waals surface area contributed by atoms with E-state index in [0.717, 1.165) is 5.56 Å². The van der Waals surface area contributed by atoms with Gasteiger partial charge in [0.2, 0.25) is 5.95 Å². The molecular weight excluding hydrogens is 357 g/mol. The number of ether oxygens (including phenoxy) is 1. The lowest BCUT2D eigenvalue weighted by atomic mass is 10.2. The molecule has 0 aliphatic heterocycles. The van der Waals surface area contributed by atoms with Crippen LogP contribution >= 0.6 is 0 Å². The van der Waals surface area contributed by atoms with E-state index < -0.39 is 0 Å². The van der Waals surface area contributed by atoms with Gasteiger partial charge in [-0.2, -0.15) is 0 Å². The first-order valence-corrected chi connectivity index (χ1v) is 8.87. The molecule has 4 aromatic rings. The highest BCUT2D eigenvalue weighted by molar-refractivity contribution is 5.78. The van der Waals surface area contributed by atoms with Crippen molar-refractivity contribution < 1.29 is 9.13 Å². The number of halogens is 1. The summed E-state index contributed by atoms with van der Waals surface area (Å²) in [6.07, 6.45) is 0. The van der Waals surface area contributed by atoms with Crippen LogP contribution in [0.4, 0.5) is 10.3 Å². The number of para-hydroxylation sites is 1. The zero-order valence-electron chi connectivity index (χ0n) is 15.0. The summed E-state index contributed by atoms with van der Waals surface area (Å²) < 4.78 is 19.3. The van der Waals surface area contributed by atoms with Crippen LogP contribution in [-0.4, -0.2) is 9.97 Å². The summed E-state index contributed by atoms with van der Waals surface area (Å²) in [4.78, 5) is 19.2. The van der Waals surface area contributed by atoms with Crippen molar-refractivity contribution in [3.05, 3.63) is 100 Å². The van der Waals surface area contributed by atoms with Gasteiger partial charge in [0, 0.05) is 12.1 Å². The molecule has 0 saturated carbocycles. The standard InChI is InChI=1S/C22H18FN3O2/c23-19-7-3-1-5-16(19)14-28-17-11-9-15(10-12-17)13-24-22-25-20-8-4-2-6-18(20)21(27)26-22/h1-12H,13-14H2,(H2,24,25,26,27). The van der Waals surface area contributed by atoms with Crippen LogP contribution in [0.3, 0.4) is 0 Å². The third kappa shape index (κ3) is 4.01.